The number of benzene rings is 1. The molecule has 0 spiro atoms. The summed E-state index contributed by atoms with van der Waals surface area (Å²) in [5.41, 5.74) is 4.62. The SMILES string of the molecule is CN1CCCC1CN1CCc2c(ccc3[nH]c(C=O)cc23)C1. The molecule has 4 nitrogen and oxygen atoms in total. The van der Waals surface area contributed by atoms with E-state index in [0.29, 0.717) is 5.69 Å². The van der Waals surface area contributed by atoms with Crippen molar-refractivity contribution in [2.75, 3.05) is 26.7 Å². The van der Waals surface area contributed by atoms with Gasteiger partial charge in [0.1, 0.15) is 0 Å². The number of hydrogen-bond acceptors (Lipinski definition) is 3. The molecule has 22 heavy (non-hydrogen) atoms. The van der Waals surface area contributed by atoms with Crippen molar-refractivity contribution in [3.63, 3.8) is 0 Å². The van der Waals surface area contributed by atoms with E-state index in [2.05, 4.69) is 34.0 Å². The van der Waals surface area contributed by atoms with Crippen LogP contribution in [0, 0.1) is 0 Å². The van der Waals surface area contributed by atoms with Gasteiger partial charge in [0.05, 0.1) is 5.69 Å². The number of aromatic nitrogens is 1. The maximum Gasteiger partial charge on any atom is 0.166 e. The molecule has 116 valence electrons. The first-order valence-electron chi connectivity index (χ1n) is 8.26. The van der Waals surface area contributed by atoms with Crippen LogP contribution < -0.4 is 0 Å². The van der Waals surface area contributed by atoms with Crippen LogP contribution in [0.25, 0.3) is 10.9 Å². The number of aldehydes is 1. The molecule has 2 aliphatic rings. The van der Waals surface area contributed by atoms with Gasteiger partial charge in [0, 0.05) is 36.6 Å². The Bertz CT molecular complexity index is 706. The Morgan fingerprint density at radius 3 is 3.05 bits per heavy atom. The van der Waals surface area contributed by atoms with Crippen LogP contribution in [0.2, 0.25) is 0 Å². The molecule has 1 saturated heterocycles. The number of aromatic amines is 1. The predicted molar refractivity (Wildman–Crippen MR) is 88.3 cm³/mol. The lowest BCUT2D eigenvalue weighted by molar-refractivity contribution is 0.112. The van der Waals surface area contributed by atoms with E-state index in [1.807, 2.05) is 6.07 Å². The molecule has 1 aromatic heterocycles. The number of likely N-dealkylation sites (N-methyl/N-ethyl adjacent to an activating group) is 1. The van der Waals surface area contributed by atoms with Gasteiger partial charge in [-0.3, -0.25) is 9.69 Å². The third-order valence-electron chi connectivity index (χ3n) is 5.37. The zero-order valence-corrected chi connectivity index (χ0v) is 13.1. The third-order valence-corrected chi connectivity index (χ3v) is 5.37. The van der Waals surface area contributed by atoms with Crippen molar-refractivity contribution < 1.29 is 4.79 Å². The van der Waals surface area contributed by atoms with E-state index in [1.54, 1.807) is 0 Å². The molecule has 0 saturated carbocycles. The summed E-state index contributed by atoms with van der Waals surface area (Å²) in [6.45, 7) is 4.59. The number of rotatable bonds is 3. The zero-order valence-electron chi connectivity index (χ0n) is 13.1. The summed E-state index contributed by atoms with van der Waals surface area (Å²) in [4.78, 5) is 19.3. The molecule has 4 heteroatoms. The van der Waals surface area contributed by atoms with Crippen LogP contribution in [0.3, 0.4) is 0 Å². The van der Waals surface area contributed by atoms with Crippen LogP contribution >= 0.6 is 0 Å². The largest absolute Gasteiger partial charge is 0.352 e. The number of likely N-dealkylation sites (tertiary alicyclic amines) is 1. The molecular weight excluding hydrogens is 274 g/mol. The smallest absolute Gasteiger partial charge is 0.166 e. The highest BCUT2D eigenvalue weighted by molar-refractivity contribution is 5.90. The van der Waals surface area contributed by atoms with E-state index in [-0.39, 0.29) is 0 Å². The normalized spacial score (nSPS) is 23.0. The van der Waals surface area contributed by atoms with Crippen molar-refractivity contribution in [1.82, 2.24) is 14.8 Å². The van der Waals surface area contributed by atoms with Gasteiger partial charge in [0.2, 0.25) is 0 Å². The van der Waals surface area contributed by atoms with Gasteiger partial charge in [-0.25, -0.2) is 0 Å². The van der Waals surface area contributed by atoms with Crippen molar-refractivity contribution in [3.05, 3.63) is 35.0 Å². The average Bonchev–Trinajstić information content (AvgIpc) is 3.13. The number of carbonyl (C=O) groups is 1. The molecule has 0 bridgehead atoms. The molecule has 2 aliphatic heterocycles. The quantitative estimate of drug-likeness (QED) is 0.885. The van der Waals surface area contributed by atoms with Crippen LogP contribution in [0.4, 0.5) is 0 Å². The van der Waals surface area contributed by atoms with Gasteiger partial charge in [-0.05, 0) is 56.1 Å². The molecule has 1 unspecified atom stereocenters. The Balaban J connectivity index is 1.57. The number of H-pyrrole nitrogens is 1. The van der Waals surface area contributed by atoms with E-state index < -0.39 is 0 Å². The second-order valence-corrected chi connectivity index (χ2v) is 6.77. The number of hydrogen-bond donors (Lipinski definition) is 1. The molecule has 2 aromatic rings. The van der Waals surface area contributed by atoms with E-state index >= 15 is 0 Å². The fourth-order valence-electron chi connectivity index (χ4n) is 4.09. The van der Waals surface area contributed by atoms with Gasteiger partial charge in [-0.2, -0.15) is 0 Å². The van der Waals surface area contributed by atoms with Crippen LogP contribution in [0.1, 0.15) is 34.5 Å². The Kier molecular flexibility index (Phi) is 3.51. The van der Waals surface area contributed by atoms with E-state index in [1.165, 1.54) is 42.4 Å². The minimum atomic E-state index is 0.679. The van der Waals surface area contributed by atoms with Crippen molar-refractivity contribution in [2.24, 2.45) is 0 Å². The number of nitrogens with one attached hydrogen (secondary N) is 1. The first kappa shape index (κ1) is 14.0. The summed E-state index contributed by atoms with van der Waals surface area (Å²) < 4.78 is 0. The Hall–Kier alpha value is -1.65. The van der Waals surface area contributed by atoms with Crippen LogP contribution in [-0.4, -0.2) is 53.8 Å². The first-order valence-corrected chi connectivity index (χ1v) is 8.26. The van der Waals surface area contributed by atoms with Crippen molar-refractivity contribution in [1.29, 1.82) is 0 Å². The molecule has 0 amide bonds. The van der Waals surface area contributed by atoms with Gasteiger partial charge >= 0.3 is 0 Å². The van der Waals surface area contributed by atoms with Crippen LogP contribution in [-0.2, 0) is 13.0 Å². The number of carbonyl (C=O) groups excluding carboxylic acids is 1. The monoisotopic (exact) mass is 297 g/mol. The van der Waals surface area contributed by atoms with Crippen molar-refractivity contribution >= 4 is 17.2 Å². The standard InChI is InChI=1S/C18H23N3O/c1-20-7-2-3-15(20)11-21-8-6-16-13(10-21)4-5-18-17(16)9-14(12-22)19-18/h4-5,9,12,15,19H,2-3,6-8,10-11H2,1H3. The van der Waals surface area contributed by atoms with Crippen molar-refractivity contribution in [2.45, 2.75) is 31.8 Å². The summed E-state index contributed by atoms with van der Waals surface area (Å²) in [7, 11) is 2.25. The highest BCUT2D eigenvalue weighted by Crippen LogP contribution is 2.28. The van der Waals surface area contributed by atoms with Gasteiger partial charge in [0.15, 0.2) is 6.29 Å². The topological polar surface area (TPSA) is 39.3 Å². The Morgan fingerprint density at radius 2 is 2.27 bits per heavy atom. The summed E-state index contributed by atoms with van der Waals surface area (Å²) in [6.07, 6.45) is 4.65. The molecular formula is C18H23N3O. The lowest BCUT2D eigenvalue weighted by atomic mass is 9.95. The molecule has 0 radical (unpaired) electrons. The van der Waals surface area contributed by atoms with Crippen molar-refractivity contribution in [3.8, 4) is 0 Å². The van der Waals surface area contributed by atoms with E-state index in [9.17, 15) is 4.79 Å². The predicted octanol–water partition coefficient (Wildman–Crippen LogP) is 2.43. The fourth-order valence-corrected chi connectivity index (χ4v) is 4.09. The van der Waals surface area contributed by atoms with E-state index in [0.717, 1.165) is 37.4 Å². The highest BCUT2D eigenvalue weighted by atomic mass is 16.1. The van der Waals surface area contributed by atoms with Gasteiger partial charge in [0.25, 0.3) is 0 Å². The molecule has 0 aliphatic carbocycles. The summed E-state index contributed by atoms with van der Waals surface area (Å²) >= 11 is 0. The molecule has 1 atom stereocenters. The third kappa shape index (κ3) is 2.36. The Morgan fingerprint density at radius 1 is 1.36 bits per heavy atom. The number of fused-ring (bicyclic) bond motifs is 3. The average molecular weight is 297 g/mol. The van der Waals surface area contributed by atoms with Gasteiger partial charge in [-0.15, -0.1) is 0 Å². The molecule has 4 rings (SSSR count). The summed E-state index contributed by atoms with van der Waals surface area (Å²) in [5, 5.41) is 1.23. The molecule has 1 N–H and O–H groups in total. The number of nitrogens with zero attached hydrogens (tertiary/aromatic N) is 2. The van der Waals surface area contributed by atoms with Crippen LogP contribution in [0.5, 0.6) is 0 Å². The second kappa shape index (κ2) is 5.52. The highest BCUT2D eigenvalue weighted by Gasteiger charge is 2.26. The summed E-state index contributed by atoms with van der Waals surface area (Å²) in [6, 6.07) is 7.07. The Labute approximate surface area is 131 Å². The van der Waals surface area contributed by atoms with E-state index in [4.69, 9.17) is 0 Å². The molecule has 3 heterocycles. The lowest BCUT2D eigenvalue weighted by Gasteiger charge is -2.33. The molecule has 1 aromatic carbocycles. The molecule has 1 fully saturated rings. The maximum absolute atomic E-state index is 11.0. The maximum atomic E-state index is 11.0. The van der Waals surface area contributed by atoms with Crippen LogP contribution in [0.15, 0.2) is 18.2 Å². The summed E-state index contributed by atoms with van der Waals surface area (Å²) in [5.74, 6) is 0. The second-order valence-electron chi connectivity index (χ2n) is 6.77. The first-order chi connectivity index (χ1) is 10.7. The zero-order chi connectivity index (χ0) is 15.1. The minimum absolute atomic E-state index is 0.679. The minimum Gasteiger partial charge on any atom is -0.352 e. The lowest BCUT2D eigenvalue weighted by Crippen LogP contribution is -2.40. The fraction of sp³-hybridized carbons (Fsp3) is 0.500. The van der Waals surface area contributed by atoms with Gasteiger partial charge in [-0.1, -0.05) is 6.07 Å². The van der Waals surface area contributed by atoms with Gasteiger partial charge < -0.3 is 9.88 Å².